The van der Waals surface area contributed by atoms with Gasteiger partial charge in [-0.05, 0) is 6.07 Å². The van der Waals surface area contributed by atoms with Gasteiger partial charge in [0.25, 0.3) is 0 Å². The Morgan fingerprint density at radius 2 is 2.40 bits per heavy atom. The molecule has 2 rings (SSSR count). The summed E-state index contributed by atoms with van der Waals surface area (Å²) in [7, 11) is 0. The Morgan fingerprint density at radius 1 is 1.50 bits per heavy atom. The molecule has 0 aliphatic carbocycles. The number of rotatable bonds is 0. The predicted molar refractivity (Wildman–Crippen MR) is 37.4 cm³/mol. The molecule has 10 heavy (non-hydrogen) atoms. The lowest BCUT2D eigenvalue weighted by Gasteiger charge is -1.85. The van der Waals surface area contributed by atoms with Gasteiger partial charge in [0, 0.05) is 6.20 Å². The van der Waals surface area contributed by atoms with Gasteiger partial charge >= 0.3 is 0 Å². The SMILES string of the molecule is Nc1cn2cnccc2n1. The highest BCUT2D eigenvalue weighted by Gasteiger charge is 1.93. The third kappa shape index (κ3) is 0.621. The largest absolute Gasteiger partial charge is 0.382 e. The molecule has 4 heteroatoms. The van der Waals surface area contributed by atoms with Gasteiger partial charge in [-0.1, -0.05) is 0 Å². The number of hydrogen-bond acceptors (Lipinski definition) is 3. The summed E-state index contributed by atoms with van der Waals surface area (Å²) in [4.78, 5) is 7.91. The van der Waals surface area contributed by atoms with Crippen molar-refractivity contribution in [3.05, 3.63) is 24.8 Å². The summed E-state index contributed by atoms with van der Waals surface area (Å²) >= 11 is 0. The lowest BCUT2D eigenvalue weighted by molar-refractivity contribution is 1.09. The monoisotopic (exact) mass is 134 g/mol. The molecule has 2 heterocycles. The van der Waals surface area contributed by atoms with Crippen molar-refractivity contribution < 1.29 is 0 Å². The molecule has 0 radical (unpaired) electrons. The van der Waals surface area contributed by atoms with Crippen molar-refractivity contribution in [1.82, 2.24) is 14.4 Å². The van der Waals surface area contributed by atoms with E-state index in [-0.39, 0.29) is 0 Å². The molecule has 0 unspecified atom stereocenters. The number of aromatic nitrogens is 3. The van der Waals surface area contributed by atoms with E-state index in [0.717, 1.165) is 5.65 Å². The fraction of sp³-hybridized carbons (Fsp3) is 0. The molecule has 0 fully saturated rings. The van der Waals surface area contributed by atoms with E-state index in [9.17, 15) is 0 Å². The van der Waals surface area contributed by atoms with Gasteiger partial charge < -0.3 is 5.73 Å². The summed E-state index contributed by atoms with van der Waals surface area (Å²) in [5, 5.41) is 0. The quantitative estimate of drug-likeness (QED) is 0.564. The van der Waals surface area contributed by atoms with Crippen molar-refractivity contribution >= 4 is 11.5 Å². The number of fused-ring (bicyclic) bond motifs is 1. The normalized spacial score (nSPS) is 10.4. The van der Waals surface area contributed by atoms with Crippen molar-refractivity contribution in [2.75, 3.05) is 5.73 Å². The minimum Gasteiger partial charge on any atom is -0.382 e. The smallest absolute Gasteiger partial charge is 0.142 e. The van der Waals surface area contributed by atoms with Gasteiger partial charge in [-0.2, -0.15) is 0 Å². The van der Waals surface area contributed by atoms with Crippen LogP contribution in [-0.4, -0.2) is 14.4 Å². The summed E-state index contributed by atoms with van der Waals surface area (Å²) in [6.45, 7) is 0. The van der Waals surface area contributed by atoms with Crippen molar-refractivity contribution in [3.8, 4) is 0 Å². The fourth-order valence-corrected chi connectivity index (χ4v) is 0.863. The molecule has 0 spiro atoms. The van der Waals surface area contributed by atoms with Crippen LogP contribution in [-0.2, 0) is 0 Å². The lowest BCUT2D eigenvalue weighted by atomic mass is 10.6. The zero-order valence-electron chi connectivity index (χ0n) is 5.23. The van der Waals surface area contributed by atoms with Crippen LogP contribution in [0.15, 0.2) is 24.8 Å². The number of imidazole rings is 1. The van der Waals surface area contributed by atoms with Crippen molar-refractivity contribution in [3.63, 3.8) is 0 Å². The van der Waals surface area contributed by atoms with Crippen LogP contribution in [0, 0.1) is 0 Å². The van der Waals surface area contributed by atoms with Crippen LogP contribution in [0.1, 0.15) is 0 Å². The van der Waals surface area contributed by atoms with Crippen molar-refractivity contribution in [2.45, 2.75) is 0 Å². The molecule has 50 valence electrons. The summed E-state index contributed by atoms with van der Waals surface area (Å²) < 4.78 is 1.77. The molecule has 0 saturated heterocycles. The van der Waals surface area contributed by atoms with Crippen LogP contribution in [0.5, 0.6) is 0 Å². The first kappa shape index (κ1) is 5.22. The zero-order chi connectivity index (χ0) is 6.97. The topological polar surface area (TPSA) is 56.2 Å². The zero-order valence-corrected chi connectivity index (χ0v) is 5.23. The van der Waals surface area contributed by atoms with Crippen LogP contribution in [0.4, 0.5) is 5.82 Å². The summed E-state index contributed by atoms with van der Waals surface area (Å²) in [6.07, 6.45) is 5.07. The Hall–Kier alpha value is -1.58. The van der Waals surface area contributed by atoms with Crippen LogP contribution in [0.25, 0.3) is 5.65 Å². The first-order valence-electron chi connectivity index (χ1n) is 2.90. The molecule has 0 aromatic carbocycles. The van der Waals surface area contributed by atoms with Crippen molar-refractivity contribution in [2.24, 2.45) is 0 Å². The second-order valence-corrected chi connectivity index (χ2v) is 2.01. The Kier molecular flexibility index (Phi) is 0.887. The standard InChI is InChI=1S/C6H6N4/c7-5-3-10-4-8-2-1-6(10)9-5/h1-4H,7H2. The van der Waals surface area contributed by atoms with Gasteiger partial charge in [-0.15, -0.1) is 0 Å². The third-order valence-corrected chi connectivity index (χ3v) is 1.28. The van der Waals surface area contributed by atoms with Gasteiger partial charge in [0.15, 0.2) is 0 Å². The molecular formula is C6H6N4. The van der Waals surface area contributed by atoms with E-state index in [1.54, 1.807) is 29.2 Å². The van der Waals surface area contributed by atoms with Gasteiger partial charge in [0.1, 0.15) is 17.8 Å². The van der Waals surface area contributed by atoms with Crippen LogP contribution in [0.3, 0.4) is 0 Å². The number of anilines is 1. The maximum atomic E-state index is 5.43. The van der Waals surface area contributed by atoms with Crippen LogP contribution in [0.2, 0.25) is 0 Å². The lowest BCUT2D eigenvalue weighted by Crippen LogP contribution is -1.81. The predicted octanol–water partition coefficient (Wildman–Crippen LogP) is 0.312. The van der Waals surface area contributed by atoms with Gasteiger partial charge in [0.2, 0.25) is 0 Å². The van der Waals surface area contributed by atoms with Gasteiger partial charge in [0.05, 0.1) is 6.20 Å². The molecular weight excluding hydrogens is 128 g/mol. The summed E-state index contributed by atoms with van der Waals surface area (Å²) in [5.41, 5.74) is 6.26. The van der Waals surface area contributed by atoms with Crippen molar-refractivity contribution in [1.29, 1.82) is 0 Å². The highest BCUT2D eigenvalue weighted by Crippen LogP contribution is 2.02. The maximum absolute atomic E-state index is 5.43. The highest BCUT2D eigenvalue weighted by atomic mass is 15.1. The minimum atomic E-state index is 0.521. The van der Waals surface area contributed by atoms with Gasteiger partial charge in [-0.25, -0.2) is 9.97 Å². The second kappa shape index (κ2) is 1.70. The van der Waals surface area contributed by atoms with E-state index >= 15 is 0 Å². The Labute approximate surface area is 57.3 Å². The maximum Gasteiger partial charge on any atom is 0.142 e. The molecule has 0 aliphatic heterocycles. The average molecular weight is 134 g/mol. The van der Waals surface area contributed by atoms with E-state index in [1.807, 2.05) is 0 Å². The first-order valence-corrected chi connectivity index (χ1v) is 2.90. The molecule has 0 bridgehead atoms. The number of nitrogen functional groups attached to an aromatic ring is 1. The van der Waals surface area contributed by atoms with E-state index in [1.165, 1.54) is 0 Å². The molecule has 2 aromatic heterocycles. The second-order valence-electron chi connectivity index (χ2n) is 2.01. The number of hydrogen-bond donors (Lipinski definition) is 1. The van der Waals surface area contributed by atoms with Crippen LogP contribution < -0.4 is 5.73 Å². The van der Waals surface area contributed by atoms with Crippen LogP contribution >= 0.6 is 0 Å². The Bertz CT molecular complexity index is 318. The number of nitrogens with zero attached hydrogens (tertiary/aromatic N) is 3. The van der Waals surface area contributed by atoms with E-state index in [4.69, 9.17) is 5.73 Å². The number of nitrogens with two attached hydrogens (primary N) is 1. The Balaban J connectivity index is 2.88. The fourth-order valence-electron chi connectivity index (χ4n) is 0.863. The molecule has 2 aromatic rings. The minimum absolute atomic E-state index is 0.521. The third-order valence-electron chi connectivity index (χ3n) is 1.28. The summed E-state index contributed by atoms with van der Waals surface area (Å²) in [6, 6.07) is 1.80. The molecule has 4 nitrogen and oxygen atoms in total. The van der Waals surface area contributed by atoms with E-state index in [0.29, 0.717) is 5.82 Å². The summed E-state index contributed by atoms with van der Waals surface area (Å²) in [5.74, 6) is 0.521. The molecule has 0 saturated carbocycles. The molecule has 0 aliphatic rings. The van der Waals surface area contributed by atoms with E-state index < -0.39 is 0 Å². The first-order chi connectivity index (χ1) is 4.86. The van der Waals surface area contributed by atoms with Gasteiger partial charge in [-0.3, -0.25) is 4.40 Å². The molecule has 2 N–H and O–H groups in total. The average Bonchev–Trinajstić information content (AvgIpc) is 2.27. The van der Waals surface area contributed by atoms with E-state index in [2.05, 4.69) is 9.97 Å². The molecule has 0 atom stereocenters. The molecule has 0 amide bonds. The highest BCUT2D eigenvalue weighted by molar-refractivity contribution is 5.44. The Morgan fingerprint density at radius 3 is 3.20 bits per heavy atom.